The summed E-state index contributed by atoms with van der Waals surface area (Å²) in [6, 6.07) is 14.1. The number of benzene rings is 2. The van der Waals surface area contributed by atoms with Gasteiger partial charge in [0.25, 0.3) is 0 Å². The third-order valence-corrected chi connectivity index (χ3v) is 7.78. The summed E-state index contributed by atoms with van der Waals surface area (Å²) in [5, 5.41) is 14.5. The summed E-state index contributed by atoms with van der Waals surface area (Å²) in [7, 11) is 4.04. The summed E-state index contributed by atoms with van der Waals surface area (Å²) >= 11 is 0. The van der Waals surface area contributed by atoms with Crippen LogP contribution in [0.4, 0.5) is 5.82 Å². The van der Waals surface area contributed by atoms with Crippen molar-refractivity contribution >= 4 is 33.6 Å². The van der Waals surface area contributed by atoms with E-state index < -0.39 is 5.63 Å². The molecule has 5 rings (SSSR count). The second kappa shape index (κ2) is 11.8. The van der Waals surface area contributed by atoms with Crippen LogP contribution in [-0.2, 0) is 17.6 Å². The minimum Gasteiger partial charge on any atom is -0.508 e. The maximum atomic E-state index is 12.7. The lowest BCUT2D eigenvalue weighted by molar-refractivity contribution is -0.120. The fourth-order valence-corrected chi connectivity index (χ4v) is 5.69. The van der Waals surface area contributed by atoms with E-state index in [2.05, 4.69) is 22.3 Å². The molecule has 1 aliphatic carbocycles. The highest BCUT2D eigenvalue weighted by Gasteiger charge is 2.22. The van der Waals surface area contributed by atoms with Crippen LogP contribution >= 0.6 is 0 Å². The van der Waals surface area contributed by atoms with E-state index in [1.807, 2.05) is 26.2 Å². The molecule has 1 amide bonds. The first-order valence-corrected chi connectivity index (χ1v) is 13.8. The molecule has 2 heterocycles. The number of amides is 1. The van der Waals surface area contributed by atoms with Crippen molar-refractivity contribution in [3.8, 4) is 5.75 Å². The fraction of sp³-hybridized carbons (Fsp3) is 0.419. The van der Waals surface area contributed by atoms with Gasteiger partial charge in [-0.2, -0.15) is 0 Å². The lowest BCUT2D eigenvalue weighted by Gasteiger charge is -2.28. The minimum absolute atomic E-state index is 0.0170. The first-order valence-electron chi connectivity index (χ1n) is 13.8. The highest BCUT2D eigenvalue weighted by atomic mass is 16.4. The average molecular weight is 529 g/mol. The van der Waals surface area contributed by atoms with E-state index in [9.17, 15) is 14.7 Å². The van der Waals surface area contributed by atoms with E-state index in [0.717, 1.165) is 48.2 Å². The number of rotatable bonds is 9. The van der Waals surface area contributed by atoms with Crippen LogP contribution < -0.4 is 15.8 Å². The van der Waals surface area contributed by atoms with E-state index in [4.69, 9.17) is 14.4 Å². The van der Waals surface area contributed by atoms with Gasteiger partial charge >= 0.3 is 5.63 Å². The SMILES string of the molecule is CN(C)c1nc(CCCC2CCC(CNC(=O)Cc3cc(=O)oc4cc(O)ccc34)CC2)nc2ccccc12. The molecule has 0 aliphatic heterocycles. The zero-order valence-electron chi connectivity index (χ0n) is 22.7. The van der Waals surface area contributed by atoms with Gasteiger partial charge in [-0.1, -0.05) is 31.4 Å². The van der Waals surface area contributed by atoms with Gasteiger partial charge in [0, 0.05) is 50.0 Å². The molecule has 0 bridgehead atoms. The molecule has 1 aliphatic rings. The van der Waals surface area contributed by atoms with Crippen molar-refractivity contribution in [3.05, 3.63) is 70.3 Å². The predicted octanol–water partition coefficient (Wildman–Crippen LogP) is 5.00. The largest absolute Gasteiger partial charge is 0.508 e. The number of anilines is 1. The third kappa shape index (κ3) is 6.56. The molecule has 39 heavy (non-hydrogen) atoms. The number of aromatic nitrogens is 2. The fourth-order valence-electron chi connectivity index (χ4n) is 5.69. The van der Waals surface area contributed by atoms with Gasteiger partial charge < -0.3 is 19.7 Å². The Morgan fingerprint density at radius 2 is 1.79 bits per heavy atom. The van der Waals surface area contributed by atoms with Crippen molar-refractivity contribution < 1.29 is 14.3 Å². The second-order valence-electron chi connectivity index (χ2n) is 10.9. The molecule has 204 valence electrons. The molecule has 0 radical (unpaired) electrons. The molecule has 8 nitrogen and oxygen atoms in total. The van der Waals surface area contributed by atoms with Gasteiger partial charge in [-0.25, -0.2) is 14.8 Å². The molecule has 0 atom stereocenters. The third-order valence-electron chi connectivity index (χ3n) is 7.78. The number of nitrogens with one attached hydrogen (secondary N) is 1. The number of aromatic hydroxyl groups is 1. The molecule has 2 aromatic carbocycles. The number of para-hydroxylation sites is 1. The predicted molar refractivity (Wildman–Crippen MR) is 153 cm³/mol. The number of phenolic OH excluding ortho intramolecular Hbond substituents is 1. The van der Waals surface area contributed by atoms with E-state index in [0.29, 0.717) is 29.3 Å². The van der Waals surface area contributed by atoms with Gasteiger partial charge in [-0.3, -0.25) is 4.79 Å². The number of hydrogen-bond donors (Lipinski definition) is 2. The first kappa shape index (κ1) is 26.7. The van der Waals surface area contributed by atoms with Crippen LogP contribution in [-0.4, -0.2) is 41.6 Å². The summed E-state index contributed by atoms with van der Waals surface area (Å²) in [5.41, 5.74) is 1.36. The van der Waals surface area contributed by atoms with E-state index in [-0.39, 0.29) is 23.7 Å². The van der Waals surface area contributed by atoms with Crippen LogP contribution in [0.3, 0.4) is 0 Å². The van der Waals surface area contributed by atoms with Gasteiger partial charge in [0.1, 0.15) is 23.0 Å². The summed E-state index contributed by atoms with van der Waals surface area (Å²) in [6.45, 7) is 0.657. The van der Waals surface area contributed by atoms with Gasteiger partial charge in [0.2, 0.25) is 5.91 Å². The van der Waals surface area contributed by atoms with Gasteiger partial charge in [-0.15, -0.1) is 0 Å². The second-order valence-corrected chi connectivity index (χ2v) is 10.9. The number of aryl methyl sites for hydroxylation is 1. The maximum absolute atomic E-state index is 12.7. The molecule has 0 unspecified atom stereocenters. The van der Waals surface area contributed by atoms with Crippen molar-refractivity contribution in [2.75, 3.05) is 25.5 Å². The lowest BCUT2D eigenvalue weighted by Crippen LogP contribution is -2.32. The highest BCUT2D eigenvalue weighted by molar-refractivity contribution is 5.89. The zero-order valence-corrected chi connectivity index (χ0v) is 22.7. The Hall–Kier alpha value is -3.94. The van der Waals surface area contributed by atoms with Crippen molar-refractivity contribution in [3.63, 3.8) is 0 Å². The Bertz CT molecular complexity index is 1520. The number of hydrogen-bond acceptors (Lipinski definition) is 7. The van der Waals surface area contributed by atoms with Crippen molar-refractivity contribution in [2.45, 2.75) is 51.4 Å². The smallest absolute Gasteiger partial charge is 0.336 e. The van der Waals surface area contributed by atoms with Crippen LogP contribution in [0.25, 0.3) is 21.9 Å². The van der Waals surface area contributed by atoms with E-state index in [1.54, 1.807) is 6.07 Å². The molecule has 0 spiro atoms. The van der Waals surface area contributed by atoms with Crippen LogP contribution in [0.5, 0.6) is 5.75 Å². The van der Waals surface area contributed by atoms with Crippen LogP contribution in [0, 0.1) is 11.8 Å². The molecule has 2 N–H and O–H groups in total. The maximum Gasteiger partial charge on any atom is 0.336 e. The Morgan fingerprint density at radius 1 is 1.03 bits per heavy atom. The standard InChI is InChI=1S/C31H36N4O4/c1-35(2)31-25-7-3-4-8-26(25)33-28(34-31)9-5-6-20-10-12-21(13-11-20)19-32-29(37)16-22-17-30(38)39-27-18-23(36)14-15-24(22)27/h3-4,7-8,14-15,17-18,20-21,36H,5-6,9-13,16,19H2,1-2H3,(H,32,37). The lowest BCUT2D eigenvalue weighted by atomic mass is 9.80. The molecule has 2 aromatic heterocycles. The summed E-state index contributed by atoms with van der Waals surface area (Å²) < 4.78 is 5.16. The van der Waals surface area contributed by atoms with Crippen LogP contribution in [0.2, 0.25) is 0 Å². The number of carbonyl (C=O) groups excluding carboxylic acids is 1. The monoisotopic (exact) mass is 528 g/mol. The van der Waals surface area contributed by atoms with E-state index >= 15 is 0 Å². The Kier molecular flexibility index (Phi) is 8.10. The van der Waals surface area contributed by atoms with Crippen molar-refractivity contribution in [1.82, 2.24) is 15.3 Å². The van der Waals surface area contributed by atoms with Gasteiger partial charge in [0.15, 0.2) is 0 Å². The molecule has 0 saturated heterocycles. The molecular weight excluding hydrogens is 492 g/mol. The molecular formula is C31H36N4O4. The molecule has 1 fully saturated rings. The quantitative estimate of drug-likeness (QED) is 0.295. The highest BCUT2D eigenvalue weighted by Crippen LogP contribution is 2.32. The number of carbonyl (C=O) groups is 1. The topological polar surface area (TPSA) is 109 Å². The molecule has 1 saturated carbocycles. The number of phenols is 1. The Balaban J connectivity index is 1.07. The number of fused-ring (bicyclic) bond motifs is 2. The summed E-state index contributed by atoms with van der Waals surface area (Å²) in [6.07, 6.45) is 7.81. The molecule has 4 aromatic rings. The molecule has 8 heteroatoms. The van der Waals surface area contributed by atoms with Crippen molar-refractivity contribution in [1.29, 1.82) is 0 Å². The Labute approximate surface area is 228 Å². The van der Waals surface area contributed by atoms with Crippen LogP contribution in [0.1, 0.15) is 49.9 Å². The van der Waals surface area contributed by atoms with Crippen molar-refractivity contribution in [2.24, 2.45) is 11.8 Å². The minimum atomic E-state index is -0.528. The average Bonchev–Trinajstić information content (AvgIpc) is 2.91. The summed E-state index contributed by atoms with van der Waals surface area (Å²) in [5.74, 6) is 2.98. The van der Waals surface area contributed by atoms with Crippen LogP contribution in [0.15, 0.2) is 57.7 Å². The van der Waals surface area contributed by atoms with Gasteiger partial charge in [0.05, 0.1) is 11.9 Å². The first-order chi connectivity index (χ1) is 18.9. The number of nitrogens with zero attached hydrogens (tertiary/aromatic N) is 3. The van der Waals surface area contributed by atoms with E-state index in [1.165, 1.54) is 37.5 Å². The summed E-state index contributed by atoms with van der Waals surface area (Å²) in [4.78, 5) is 36.2. The Morgan fingerprint density at radius 3 is 2.59 bits per heavy atom. The van der Waals surface area contributed by atoms with Gasteiger partial charge in [-0.05, 0) is 60.9 Å². The normalized spacial score (nSPS) is 17.4. The zero-order chi connectivity index (χ0) is 27.4.